The average Bonchev–Trinajstić information content (AvgIpc) is 2.56. The molecule has 3 nitrogen and oxygen atoms in total. The topological polar surface area (TPSA) is 60.2 Å². The van der Waals surface area contributed by atoms with E-state index in [1.54, 1.807) is 6.07 Å². The SMILES string of the molecule is NS(=O)(=O)c1ccc(-c2ccc(-c3ccc(Br)c(Br)c3)c(S)c2)cc1F. The van der Waals surface area contributed by atoms with Gasteiger partial charge in [-0.3, -0.25) is 0 Å². The molecule has 0 saturated heterocycles. The van der Waals surface area contributed by atoms with E-state index in [-0.39, 0.29) is 0 Å². The first-order valence-electron chi connectivity index (χ1n) is 7.28. The number of benzene rings is 3. The van der Waals surface area contributed by atoms with Gasteiger partial charge in [0, 0.05) is 13.8 Å². The van der Waals surface area contributed by atoms with Crippen LogP contribution >= 0.6 is 44.5 Å². The highest BCUT2D eigenvalue weighted by Gasteiger charge is 2.15. The second-order valence-electron chi connectivity index (χ2n) is 5.55. The van der Waals surface area contributed by atoms with Gasteiger partial charge in [-0.25, -0.2) is 17.9 Å². The molecule has 0 radical (unpaired) electrons. The molecule has 0 bridgehead atoms. The van der Waals surface area contributed by atoms with Crippen molar-refractivity contribution in [2.24, 2.45) is 5.14 Å². The molecule has 3 aromatic rings. The van der Waals surface area contributed by atoms with Gasteiger partial charge in [0.15, 0.2) is 0 Å². The van der Waals surface area contributed by atoms with Crippen LogP contribution in [-0.2, 0) is 10.0 Å². The van der Waals surface area contributed by atoms with Crippen molar-refractivity contribution in [3.63, 3.8) is 0 Å². The fraction of sp³-hybridized carbons (Fsp3) is 0. The molecule has 0 unspecified atom stereocenters. The minimum Gasteiger partial charge on any atom is -0.225 e. The maximum absolute atomic E-state index is 14.1. The monoisotopic (exact) mass is 515 g/mol. The van der Waals surface area contributed by atoms with Gasteiger partial charge in [0.25, 0.3) is 0 Å². The number of thiol groups is 1. The molecule has 0 aliphatic rings. The molecule has 26 heavy (non-hydrogen) atoms. The van der Waals surface area contributed by atoms with Crippen molar-refractivity contribution in [1.29, 1.82) is 0 Å². The van der Waals surface area contributed by atoms with Gasteiger partial charge in [0.2, 0.25) is 10.0 Å². The van der Waals surface area contributed by atoms with Crippen LogP contribution in [-0.4, -0.2) is 8.42 Å². The van der Waals surface area contributed by atoms with E-state index < -0.39 is 20.7 Å². The highest BCUT2D eigenvalue weighted by molar-refractivity contribution is 9.13. The Bertz CT molecular complexity index is 1120. The van der Waals surface area contributed by atoms with E-state index in [0.717, 1.165) is 37.8 Å². The van der Waals surface area contributed by atoms with Gasteiger partial charge in [0.1, 0.15) is 10.7 Å². The van der Waals surface area contributed by atoms with E-state index >= 15 is 0 Å². The number of sulfonamides is 1. The molecular weight excluding hydrogens is 505 g/mol. The Morgan fingerprint density at radius 1 is 0.846 bits per heavy atom. The van der Waals surface area contributed by atoms with Gasteiger partial charge >= 0.3 is 0 Å². The lowest BCUT2D eigenvalue weighted by Crippen LogP contribution is -2.13. The minimum atomic E-state index is -4.09. The average molecular weight is 517 g/mol. The molecular formula is C18H12Br2FNO2S2. The van der Waals surface area contributed by atoms with Crippen molar-refractivity contribution < 1.29 is 12.8 Å². The summed E-state index contributed by atoms with van der Waals surface area (Å²) >= 11 is 11.5. The zero-order chi connectivity index (χ0) is 19.1. The molecule has 0 atom stereocenters. The number of nitrogens with two attached hydrogens (primary N) is 1. The van der Waals surface area contributed by atoms with Gasteiger partial charge in [0.05, 0.1) is 0 Å². The van der Waals surface area contributed by atoms with Crippen LogP contribution in [0.5, 0.6) is 0 Å². The normalized spacial score (nSPS) is 11.6. The van der Waals surface area contributed by atoms with Crippen molar-refractivity contribution in [2.45, 2.75) is 9.79 Å². The Labute approximate surface area is 173 Å². The predicted octanol–water partition coefficient (Wildman–Crippen LogP) is 5.62. The molecule has 3 aromatic carbocycles. The molecule has 3 rings (SSSR count). The fourth-order valence-corrected chi connectivity index (χ4v) is 4.09. The fourth-order valence-electron chi connectivity index (χ4n) is 2.53. The molecule has 8 heteroatoms. The van der Waals surface area contributed by atoms with E-state index in [0.29, 0.717) is 10.5 Å². The van der Waals surface area contributed by atoms with E-state index in [2.05, 4.69) is 44.5 Å². The van der Waals surface area contributed by atoms with Crippen molar-refractivity contribution in [2.75, 3.05) is 0 Å². The van der Waals surface area contributed by atoms with E-state index in [9.17, 15) is 12.8 Å². The van der Waals surface area contributed by atoms with Gasteiger partial charge in [-0.05, 0) is 84.4 Å². The Morgan fingerprint density at radius 2 is 1.46 bits per heavy atom. The first-order valence-corrected chi connectivity index (χ1v) is 10.9. The van der Waals surface area contributed by atoms with E-state index in [4.69, 9.17) is 5.14 Å². The third-order valence-electron chi connectivity index (χ3n) is 3.80. The number of hydrogen-bond acceptors (Lipinski definition) is 3. The summed E-state index contributed by atoms with van der Waals surface area (Å²) < 4.78 is 38.6. The summed E-state index contributed by atoms with van der Waals surface area (Å²) in [6.45, 7) is 0. The summed E-state index contributed by atoms with van der Waals surface area (Å²) in [6, 6.07) is 15.2. The molecule has 2 N–H and O–H groups in total. The maximum atomic E-state index is 14.1. The first kappa shape index (κ1) is 19.6. The molecule has 0 spiro atoms. The number of halogens is 3. The second-order valence-corrected chi connectivity index (χ2v) is 9.27. The molecule has 0 aromatic heterocycles. The molecule has 0 aliphatic heterocycles. The summed E-state index contributed by atoms with van der Waals surface area (Å²) in [6.07, 6.45) is 0. The lowest BCUT2D eigenvalue weighted by atomic mass is 10.00. The van der Waals surface area contributed by atoms with Crippen LogP contribution < -0.4 is 5.14 Å². The highest BCUT2D eigenvalue weighted by Crippen LogP contribution is 2.35. The molecule has 134 valence electrons. The quantitative estimate of drug-likeness (QED) is 0.444. The third kappa shape index (κ3) is 4.04. The standard InChI is InChI=1S/C18H12Br2FNO2S2/c19-14-5-2-12(7-15(14)20)13-4-1-11(9-17(13)25)10-3-6-18(16(21)8-10)26(22,23)24/h1-9,25H,(H2,22,23,24). The Hall–Kier alpha value is -1.19. The molecule has 0 heterocycles. The van der Waals surface area contributed by atoms with Crippen LogP contribution in [0.15, 0.2) is 73.3 Å². The highest BCUT2D eigenvalue weighted by atomic mass is 79.9. The number of hydrogen-bond donors (Lipinski definition) is 2. The van der Waals surface area contributed by atoms with Crippen molar-refractivity contribution in [1.82, 2.24) is 0 Å². The summed E-state index contributed by atoms with van der Waals surface area (Å²) in [5, 5.41) is 4.99. The smallest absolute Gasteiger partial charge is 0.225 e. The number of rotatable bonds is 3. The van der Waals surface area contributed by atoms with Gasteiger partial charge < -0.3 is 0 Å². The second kappa shape index (κ2) is 7.44. The van der Waals surface area contributed by atoms with E-state index in [1.165, 1.54) is 6.07 Å². The van der Waals surface area contributed by atoms with Crippen LogP contribution in [0.1, 0.15) is 0 Å². The van der Waals surface area contributed by atoms with Crippen LogP contribution in [0.4, 0.5) is 4.39 Å². The van der Waals surface area contributed by atoms with Crippen LogP contribution in [0.25, 0.3) is 22.3 Å². The summed E-state index contributed by atoms with van der Waals surface area (Å²) in [4.78, 5) is 0.191. The molecule has 0 saturated carbocycles. The number of primary sulfonamides is 1. The molecule has 0 aliphatic carbocycles. The van der Waals surface area contributed by atoms with E-state index in [1.807, 2.05) is 30.3 Å². The predicted molar refractivity (Wildman–Crippen MR) is 111 cm³/mol. The maximum Gasteiger partial charge on any atom is 0.240 e. The summed E-state index contributed by atoms with van der Waals surface area (Å²) in [5.41, 5.74) is 3.16. The van der Waals surface area contributed by atoms with Crippen LogP contribution in [0.3, 0.4) is 0 Å². The van der Waals surface area contributed by atoms with Crippen molar-refractivity contribution >= 4 is 54.5 Å². The lowest BCUT2D eigenvalue weighted by molar-refractivity contribution is 0.568. The van der Waals surface area contributed by atoms with Gasteiger partial charge in [-0.2, -0.15) is 0 Å². The Kier molecular flexibility index (Phi) is 5.60. The third-order valence-corrected chi connectivity index (χ3v) is 6.99. The van der Waals surface area contributed by atoms with Crippen LogP contribution in [0.2, 0.25) is 0 Å². The van der Waals surface area contributed by atoms with Crippen molar-refractivity contribution in [3.8, 4) is 22.3 Å². The Balaban J connectivity index is 2.02. The van der Waals surface area contributed by atoms with Crippen molar-refractivity contribution in [3.05, 3.63) is 69.4 Å². The van der Waals surface area contributed by atoms with Gasteiger partial charge in [-0.1, -0.05) is 24.3 Å². The lowest BCUT2D eigenvalue weighted by Gasteiger charge is -2.10. The van der Waals surface area contributed by atoms with Gasteiger partial charge in [-0.15, -0.1) is 12.6 Å². The first-order chi connectivity index (χ1) is 12.2. The molecule has 0 fully saturated rings. The summed E-state index contributed by atoms with van der Waals surface area (Å²) in [7, 11) is -4.09. The largest absolute Gasteiger partial charge is 0.240 e. The zero-order valence-electron chi connectivity index (χ0n) is 13.1. The minimum absolute atomic E-state index is 0.524. The zero-order valence-corrected chi connectivity index (χ0v) is 18.0. The van der Waals surface area contributed by atoms with Crippen LogP contribution in [0, 0.1) is 5.82 Å². The molecule has 0 amide bonds. The Morgan fingerprint density at radius 3 is 2.04 bits per heavy atom. The summed E-state index contributed by atoms with van der Waals surface area (Å²) in [5.74, 6) is -0.883.